The van der Waals surface area contributed by atoms with E-state index in [1.165, 1.54) is 7.11 Å². The fourth-order valence-electron chi connectivity index (χ4n) is 2.70. The van der Waals surface area contributed by atoms with Gasteiger partial charge in [-0.2, -0.15) is 0 Å². The molecule has 6 nitrogen and oxygen atoms in total. The lowest BCUT2D eigenvalue weighted by Crippen LogP contribution is -2.28. The molecule has 0 saturated heterocycles. The minimum absolute atomic E-state index is 0.146. The first kappa shape index (κ1) is 21.2. The van der Waals surface area contributed by atoms with Crippen LogP contribution >= 0.6 is 11.6 Å². The Hall–Kier alpha value is -3.51. The van der Waals surface area contributed by atoms with Gasteiger partial charge in [-0.25, -0.2) is 4.79 Å². The van der Waals surface area contributed by atoms with Gasteiger partial charge in [0, 0.05) is 12.2 Å². The van der Waals surface area contributed by atoms with Crippen LogP contribution in [0.25, 0.3) is 11.1 Å². The van der Waals surface area contributed by atoms with Crippen molar-refractivity contribution in [2.75, 3.05) is 19.0 Å². The molecule has 154 valence electrons. The smallest absolute Gasteiger partial charge is 0.411 e. The number of amides is 2. The number of anilines is 1. The first-order valence-corrected chi connectivity index (χ1v) is 9.61. The Kier molecular flexibility index (Phi) is 7.29. The largest absolute Gasteiger partial charge is 0.482 e. The molecular weight excluding hydrogens is 404 g/mol. The standard InChI is InChI=1S/C23H21ClN2O4/c1-29-23(28)26-19-10-7-16(8-11-19)14-25-22(27)15-30-21-12-9-18(13-20(21)24)17-5-3-2-4-6-17/h2-13H,14-15H2,1H3,(H,25,27)(H,26,28). The van der Waals surface area contributed by atoms with Crippen LogP contribution in [-0.2, 0) is 16.1 Å². The lowest BCUT2D eigenvalue weighted by atomic mass is 10.1. The van der Waals surface area contributed by atoms with Crippen molar-refractivity contribution in [3.05, 3.63) is 83.4 Å². The van der Waals surface area contributed by atoms with Crippen molar-refractivity contribution in [1.82, 2.24) is 5.32 Å². The van der Waals surface area contributed by atoms with E-state index in [2.05, 4.69) is 15.4 Å². The molecule has 0 atom stereocenters. The molecule has 0 radical (unpaired) electrons. The lowest BCUT2D eigenvalue weighted by Gasteiger charge is -2.11. The number of carbonyl (C=O) groups excluding carboxylic acids is 2. The molecule has 3 aromatic carbocycles. The van der Waals surface area contributed by atoms with Crippen LogP contribution in [0.15, 0.2) is 72.8 Å². The number of methoxy groups -OCH3 is 1. The zero-order chi connectivity index (χ0) is 21.3. The molecule has 3 rings (SSSR count). The van der Waals surface area contributed by atoms with Crippen molar-refractivity contribution in [1.29, 1.82) is 0 Å². The van der Waals surface area contributed by atoms with Crippen LogP contribution in [0.4, 0.5) is 10.5 Å². The summed E-state index contributed by atoms with van der Waals surface area (Å²) in [6.07, 6.45) is -0.538. The van der Waals surface area contributed by atoms with E-state index in [4.69, 9.17) is 16.3 Å². The van der Waals surface area contributed by atoms with Crippen molar-refractivity contribution >= 4 is 29.3 Å². The molecule has 0 fully saturated rings. The number of benzene rings is 3. The van der Waals surface area contributed by atoms with Gasteiger partial charge < -0.3 is 14.8 Å². The van der Waals surface area contributed by atoms with Gasteiger partial charge in [0.05, 0.1) is 12.1 Å². The molecule has 7 heteroatoms. The zero-order valence-electron chi connectivity index (χ0n) is 16.4. The van der Waals surface area contributed by atoms with E-state index >= 15 is 0 Å². The Labute approximate surface area is 179 Å². The van der Waals surface area contributed by atoms with Crippen LogP contribution in [-0.4, -0.2) is 25.7 Å². The van der Waals surface area contributed by atoms with E-state index in [0.29, 0.717) is 23.0 Å². The summed E-state index contributed by atoms with van der Waals surface area (Å²) in [7, 11) is 1.30. The summed E-state index contributed by atoms with van der Waals surface area (Å²) in [6.45, 7) is 0.188. The van der Waals surface area contributed by atoms with Crippen molar-refractivity contribution in [3.8, 4) is 16.9 Å². The number of rotatable bonds is 7. The van der Waals surface area contributed by atoms with E-state index in [-0.39, 0.29) is 12.5 Å². The summed E-state index contributed by atoms with van der Waals surface area (Å²) >= 11 is 6.30. The second-order valence-corrected chi connectivity index (χ2v) is 6.80. The molecule has 3 aromatic rings. The first-order chi connectivity index (χ1) is 14.5. The van der Waals surface area contributed by atoms with Gasteiger partial charge in [-0.3, -0.25) is 10.1 Å². The van der Waals surface area contributed by atoms with Gasteiger partial charge in [0.1, 0.15) is 5.75 Å². The summed E-state index contributed by atoms with van der Waals surface area (Å²) in [5, 5.41) is 5.78. The summed E-state index contributed by atoms with van der Waals surface area (Å²) in [6, 6.07) is 22.4. The molecule has 0 aliphatic rings. The maximum absolute atomic E-state index is 12.1. The van der Waals surface area contributed by atoms with E-state index < -0.39 is 6.09 Å². The molecule has 0 unspecified atom stereocenters. The second-order valence-electron chi connectivity index (χ2n) is 6.39. The highest BCUT2D eigenvalue weighted by Crippen LogP contribution is 2.30. The molecule has 0 aliphatic heterocycles. The quantitative estimate of drug-likeness (QED) is 0.566. The summed E-state index contributed by atoms with van der Waals surface area (Å²) in [4.78, 5) is 23.3. The predicted octanol–water partition coefficient (Wildman–Crippen LogP) is 4.88. The average Bonchev–Trinajstić information content (AvgIpc) is 2.78. The molecular formula is C23H21ClN2O4. The number of carbonyl (C=O) groups is 2. The van der Waals surface area contributed by atoms with Crippen LogP contribution in [0.2, 0.25) is 5.02 Å². The molecule has 0 heterocycles. The molecule has 0 saturated carbocycles. The molecule has 2 amide bonds. The molecule has 30 heavy (non-hydrogen) atoms. The predicted molar refractivity (Wildman–Crippen MR) is 117 cm³/mol. The van der Waals surface area contributed by atoms with Gasteiger partial charge >= 0.3 is 6.09 Å². The second kappa shape index (κ2) is 10.3. The Morgan fingerprint density at radius 3 is 2.33 bits per heavy atom. The normalized spacial score (nSPS) is 10.2. The minimum Gasteiger partial charge on any atom is -0.482 e. The van der Waals surface area contributed by atoms with E-state index in [1.54, 1.807) is 30.3 Å². The van der Waals surface area contributed by atoms with Gasteiger partial charge in [0.25, 0.3) is 5.91 Å². The highest BCUT2D eigenvalue weighted by Gasteiger charge is 2.08. The molecule has 0 bridgehead atoms. The van der Waals surface area contributed by atoms with Crippen molar-refractivity contribution in [3.63, 3.8) is 0 Å². The van der Waals surface area contributed by atoms with Gasteiger partial charge in [0.2, 0.25) is 0 Å². The Morgan fingerprint density at radius 1 is 0.933 bits per heavy atom. The summed E-state index contributed by atoms with van der Waals surface area (Å²) in [5.74, 6) is 0.180. The maximum Gasteiger partial charge on any atom is 0.411 e. The maximum atomic E-state index is 12.1. The van der Waals surface area contributed by atoms with Crippen LogP contribution in [0.3, 0.4) is 0 Å². The number of hydrogen-bond acceptors (Lipinski definition) is 4. The van der Waals surface area contributed by atoms with E-state index in [0.717, 1.165) is 16.7 Å². The highest BCUT2D eigenvalue weighted by molar-refractivity contribution is 6.32. The van der Waals surface area contributed by atoms with Crippen LogP contribution in [0, 0.1) is 0 Å². The van der Waals surface area contributed by atoms with Crippen LogP contribution < -0.4 is 15.4 Å². The number of hydrogen-bond donors (Lipinski definition) is 2. The van der Waals surface area contributed by atoms with Gasteiger partial charge in [-0.15, -0.1) is 0 Å². The Balaban J connectivity index is 1.48. The van der Waals surface area contributed by atoms with Crippen LogP contribution in [0.5, 0.6) is 5.75 Å². The lowest BCUT2D eigenvalue weighted by molar-refractivity contribution is -0.123. The van der Waals surface area contributed by atoms with E-state index in [1.807, 2.05) is 42.5 Å². The topological polar surface area (TPSA) is 76.7 Å². The number of ether oxygens (including phenoxy) is 2. The first-order valence-electron chi connectivity index (χ1n) is 9.23. The average molecular weight is 425 g/mol. The third-order valence-corrected chi connectivity index (χ3v) is 4.57. The highest BCUT2D eigenvalue weighted by atomic mass is 35.5. The molecule has 0 spiro atoms. The van der Waals surface area contributed by atoms with Gasteiger partial charge in [-0.1, -0.05) is 60.1 Å². The monoisotopic (exact) mass is 424 g/mol. The summed E-state index contributed by atoms with van der Waals surface area (Å²) in [5.41, 5.74) is 3.51. The fraction of sp³-hybridized carbons (Fsp3) is 0.130. The van der Waals surface area contributed by atoms with Crippen molar-refractivity contribution in [2.45, 2.75) is 6.54 Å². The molecule has 0 aliphatic carbocycles. The Bertz CT molecular complexity index is 1010. The third-order valence-electron chi connectivity index (χ3n) is 4.27. The number of halogens is 1. The Morgan fingerprint density at radius 2 is 1.67 bits per heavy atom. The minimum atomic E-state index is -0.538. The number of nitrogens with one attached hydrogen (secondary N) is 2. The molecule has 0 aromatic heterocycles. The van der Waals surface area contributed by atoms with Crippen molar-refractivity contribution in [2.24, 2.45) is 0 Å². The van der Waals surface area contributed by atoms with Crippen LogP contribution in [0.1, 0.15) is 5.56 Å². The fourth-order valence-corrected chi connectivity index (χ4v) is 2.93. The van der Waals surface area contributed by atoms with E-state index in [9.17, 15) is 9.59 Å². The molecule has 2 N–H and O–H groups in total. The van der Waals surface area contributed by atoms with Crippen molar-refractivity contribution < 1.29 is 19.1 Å². The van der Waals surface area contributed by atoms with Gasteiger partial charge in [0.15, 0.2) is 6.61 Å². The third kappa shape index (κ3) is 5.99. The summed E-state index contributed by atoms with van der Waals surface area (Å²) < 4.78 is 10.1. The van der Waals surface area contributed by atoms with Gasteiger partial charge in [-0.05, 0) is 41.0 Å². The SMILES string of the molecule is COC(=O)Nc1ccc(CNC(=O)COc2ccc(-c3ccccc3)cc2Cl)cc1. The zero-order valence-corrected chi connectivity index (χ0v) is 17.1.